The minimum atomic E-state index is 0.866. The van der Waals surface area contributed by atoms with Crippen LogP contribution < -0.4 is 0 Å². The summed E-state index contributed by atoms with van der Waals surface area (Å²) in [4.78, 5) is 0. The molecule has 0 heteroatoms. The van der Waals surface area contributed by atoms with Gasteiger partial charge in [0.05, 0.1) is 0 Å². The van der Waals surface area contributed by atoms with Gasteiger partial charge in [0.15, 0.2) is 0 Å². The van der Waals surface area contributed by atoms with Crippen molar-refractivity contribution in [3.05, 3.63) is 6.42 Å². The van der Waals surface area contributed by atoms with Crippen LogP contribution >= 0.6 is 0 Å². The van der Waals surface area contributed by atoms with Crippen molar-refractivity contribution in [2.24, 2.45) is 11.8 Å². The highest BCUT2D eigenvalue weighted by Gasteiger charge is 2.08. The zero-order valence-electron chi connectivity index (χ0n) is 7.85. The van der Waals surface area contributed by atoms with Crippen LogP contribution in [0.3, 0.4) is 0 Å². The molecule has 1 atom stereocenters. The predicted molar refractivity (Wildman–Crippen MR) is 47.8 cm³/mol. The predicted octanol–water partition coefficient (Wildman–Crippen LogP) is 3.67. The molecule has 0 nitrogen and oxygen atoms in total. The molecule has 0 saturated carbocycles. The highest BCUT2D eigenvalue weighted by molar-refractivity contribution is 4.65. The Hall–Kier alpha value is 0. The van der Waals surface area contributed by atoms with Crippen molar-refractivity contribution >= 4 is 0 Å². The Balaban J connectivity index is 3.40. The first-order valence-electron chi connectivity index (χ1n) is 4.50. The summed E-state index contributed by atoms with van der Waals surface area (Å²) in [5.41, 5.74) is 0. The average molecular weight is 141 g/mol. The lowest BCUT2D eigenvalue weighted by Gasteiger charge is -2.17. The smallest absolute Gasteiger partial charge is 0.0394 e. The molecule has 0 N–H and O–H groups in total. The Labute approximate surface area is 66.0 Å². The van der Waals surface area contributed by atoms with Crippen LogP contribution in [0.25, 0.3) is 0 Å². The summed E-state index contributed by atoms with van der Waals surface area (Å²) >= 11 is 0. The first-order valence-corrected chi connectivity index (χ1v) is 4.50. The largest absolute Gasteiger partial charge is 0.0651 e. The van der Waals surface area contributed by atoms with Crippen molar-refractivity contribution in [2.75, 3.05) is 0 Å². The molecule has 0 aromatic carbocycles. The molecule has 0 aromatic heterocycles. The zero-order valence-corrected chi connectivity index (χ0v) is 7.85. The number of hydrogen-bond donors (Lipinski definition) is 0. The van der Waals surface area contributed by atoms with E-state index in [0.29, 0.717) is 0 Å². The van der Waals surface area contributed by atoms with Gasteiger partial charge in [-0.15, -0.1) is 0 Å². The molecule has 0 heterocycles. The van der Waals surface area contributed by atoms with E-state index in [1.807, 2.05) is 0 Å². The van der Waals surface area contributed by atoms with Crippen LogP contribution in [0.4, 0.5) is 0 Å². The van der Waals surface area contributed by atoms with Gasteiger partial charge in [0.2, 0.25) is 0 Å². The van der Waals surface area contributed by atoms with Gasteiger partial charge in [-0.05, 0) is 24.7 Å². The van der Waals surface area contributed by atoms with E-state index >= 15 is 0 Å². The van der Waals surface area contributed by atoms with Gasteiger partial charge in [0.25, 0.3) is 0 Å². The van der Waals surface area contributed by atoms with Crippen molar-refractivity contribution < 1.29 is 0 Å². The Kier molecular flexibility index (Phi) is 5.76. The van der Waals surface area contributed by atoms with Gasteiger partial charge >= 0.3 is 0 Å². The lowest BCUT2D eigenvalue weighted by atomic mass is 9.89. The second kappa shape index (κ2) is 5.76. The maximum atomic E-state index is 2.32. The molecule has 61 valence electrons. The third kappa shape index (κ3) is 3.92. The summed E-state index contributed by atoms with van der Waals surface area (Å²) in [5.74, 6) is 1.81. The Morgan fingerprint density at radius 1 is 1.30 bits per heavy atom. The van der Waals surface area contributed by atoms with Crippen LogP contribution in [0.1, 0.15) is 47.0 Å². The van der Waals surface area contributed by atoms with Gasteiger partial charge in [-0.3, -0.25) is 0 Å². The second-order valence-electron chi connectivity index (χ2n) is 3.40. The maximum Gasteiger partial charge on any atom is -0.0394 e. The first kappa shape index (κ1) is 10.0. The van der Waals surface area contributed by atoms with Crippen LogP contribution in [0.15, 0.2) is 0 Å². The maximum absolute atomic E-state index is 2.32. The zero-order chi connectivity index (χ0) is 7.98. The van der Waals surface area contributed by atoms with Gasteiger partial charge in [0, 0.05) is 0 Å². The minimum Gasteiger partial charge on any atom is -0.0651 e. The molecule has 0 fully saturated rings. The molecule has 0 amide bonds. The van der Waals surface area contributed by atoms with E-state index in [1.165, 1.54) is 19.3 Å². The third-order valence-electron chi connectivity index (χ3n) is 2.29. The molecule has 0 rings (SSSR count). The SMILES string of the molecule is C[CH]CCC(CC)C(C)C. The lowest BCUT2D eigenvalue weighted by molar-refractivity contribution is 0.348. The Morgan fingerprint density at radius 3 is 2.20 bits per heavy atom. The van der Waals surface area contributed by atoms with E-state index in [0.717, 1.165) is 11.8 Å². The fraction of sp³-hybridized carbons (Fsp3) is 0.900. The monoisotopic (exact) mass is 141 g/mol. The molecule has 0 bridgehead atoms. The summed E-state index contributed by atoms with van der Waals surface area (Å²) in [6, 6.07) is 0. The van der Waals surface area contributed by atoms with Crippen molar-refractivity contribution in [2.45, 2.75) is 47.0 Å². The molecule has 1 unspecified atom stereocenters. The fourth-order valence-corrected chi connectivity index (χ4v) is 1.39. The molecule has 0 saturated heterocycles. The molecular weight excluding hydrogens is 120 g/mol. The molecule has 0 aliphatic rings. The van der Waals surface area contributed by atoms with Crippen molar-refractivity contribution in [1.29, 1.82) is 0 Å². The van der Waals surface area contributed by atoms with E-state index in [-0.39, 0.29) is 0 Å². The van der Waals surface area contributed by atoms with E-state index in [4.69, 9.17) is 0 Å². The van der Waals surface area contributed by atoms with Gasteiger partial charge in [-0.1, -0.05) is 40.5 Å². The van der Waals surface area contributed by atoms with Crippen LogP contribution in [0, 0.1) is 18.3 Å². The number of rotatable bonds is 5. The van der Waals surface area contributed by atoms with Crippen LogP contribution in [-0.2, 0) is 0 Å². The first-order chi connectivity index (χ1) is 4.72. The van der Waals surface area contributed by atoms with E-state index < -0.39 is 0 Å². The van der Waals surface area contributed by atoms with Crippen molar-refractivity contribution in [3.63, 3.8) is 0 Å². The van der Waals surface area contributed by atoms with Gasteiger partial charge in [-0.2, -0.15) is 0 Å². The average Bonchev–Trinajstić information content (AvgIpc) is 1.89. The molecular formula is C10H21. The number of unbranched alkanes of at least 4 members (excludes halogenated alkanes) is 1. The van der Waals surface area contributed by atoms with Gasteiger partial charge in [0.1, 0.15) is 0 Å². The molecule has 0 spiro atoms. The van der Waals surface area contributed by atoms with E-state index in [2.05, 4.69) is 34.1 Å². The van der Waals surface area contributed by atoms with Crippen LogP contribution in [0.5, 0.6) is 0 Å². The summed E-state index contributed by atoms with van der Waals surface area (Å²) in [7, 11) is 0. The highest BCUT2D eigenvalue weighted by Crippen LogP contribution is 2.20. The summed E-state index contributed by atoms with van der Waals surface area (Å²) in [5, 5.41) is 0. The Morgan fingerprint density at radius 2 is 1.90 bits per heavy atom. The molecule has 0 aliphatic carbocycles. The Bertz CT molecular complexity index is 64.4. The number of hydrogen-bond acceptors (Lipinski definition) is 0. The van der Waals surface area contributed by atoms with Crippen LogP contribution in [0.2, 0.25) is 0 Å². The topological polar surface area (TPSA) is 0 Å². The standard InChI is InChI=1S/C10H21/c1-5-7-8-10(6-2)9(3)4/h5,9-10H,6-8H2,1-4H3. The lowest BCUT2D eigenvalue weighted by Crippen LogP contribution is -2.06. The van der Waals surface area contributed by atoms with Crippen LogP contribution in [-0.4, -0.2) is 0 Å². The quantitative estimate of drug-likeness (QED) is 0.548. The molecule has 0 aromatic rings. The fourth-order valence-electron chi connectivity index (χ4n) is 1.39. The normalized spacial score (nSPS) is 14.1. The van der Waals surface area contributed by atoms with Gasteiger partial charge < -0.3 is 0 Å². The van der Waals surface area contributed by atoms with Crippen molar-refractivity contribution in [3.8, 4) is 0 Å². The highest BCUT2D eigenvalue weighted by atomic mass is 14.1. The molecule has 0 aliphatic heterocycles. The summed E-state index contributed by atoms with van der Waals surface area (Å²) in [6.45, 7) is 9.08. The van der Waals surface area contributed by atoms with Gasteiger partial charge in [-0.25, -0.2) is 0 Å². The van der Waals surface area contributed by atoms with E-state index in [1.54, 1.807) is 0 Å². The van der Waals surface area contributed by atoms with E-state index in [9.17, 15) is 0 Å². The van der Waals surface area contributed by atoms with Crippen molar-refractivity contribution in [1.82, 2.24) is 0 Å². The second-order valence-corrected chi connectivity index (χ2v) is 3.40. The summed E-state index contributed by atoms with van der Waals surface area (Å²) < 4.78 is 0. The minimum absolute atomic E-state index is 0.866. The summed E-state index contributed by atoms with van der Waals surface area (Å²) in [6.07, 6.45) is 6.28. The molecule has 10 heavy (non-hydrogen) atoms. The molecule has 1 radical (unpaired) electrons. The third-order valence-corrected chi connectivity index (χ3v) is 2.29.